The molecule has 0 bridgehead atoms. The van der Waals surface area contributed by atoms with Crippen molar-refractivity contribution in [3.8, 4) is 0 Å². The summed E-state index contributed by atoms with van der Waals surface area (Å²) in [5, 5.41) is 0. The molecule has 0 heterocycles. The van der Waals surface area contributed by atoms with Gasteiger partial charge < -0.3 is 40.7 Å². The summed E-state index contributed by atoms with van der Waals surface area (Å²) in [5.41, 5.74) is 0. The number of hydrogen-bond donors (Lipinski definition) is 0. The maximum atomic E-state index is 5.00. The minimum Gasteiger partial charge on any atom is 0 e. The third-order valence-corrected chi connectivity index (χ3v) is 4.02. The predicted molar refractivity (Wildman–Crippen MR) is 130 cm³/mol. The first-order valence-electron chi connectivity index (χ1n) is 6.45. The van der Waals surface area contributed by atoms with Crippen molar-refractivity contribution in [3.63, 3.8) is 0 Å². The fourth-order valence-electron chi connectivity index (χ4n) is 0.671. The fourth-order valence-corrected chi connectivity index (χ4v) is 2.01. The molecule has 30 heavy (non-hydrogen) atoms. The molecule has 0 aliphatic heterocycles. The maximum Gasteiger partial charge on any atom is 0 e. The van der Waals surface area contributed by atoms with Gasteiger partial charge in [0.15, 0.2) is 0 Å². The molecule has 21 heteroatoms. The molecule has 0 aromatic carbocycles. The summed E-state index contributed by atoms with van der Waals surface area (Å²) in [6, 6.07) is 0. The molecule has 0 unspecified atom stereocenters. The van der Waals surface area contributed by atoms with Crippen LogP contribution >= 0.6 is 79.3 Å². The van der Waals surface area contributed by atoms with Gasteiger partial charge in [0.05, 0.1) is 0 Å². The minimum atomic E-state index is -2.13. The number of halogens is 6. The van der Waals surface area contributed by atoms with Crippen molar-refractivity contribution in [2.75, 3.05) is 64.0 Å². The zero-order valence-electron chi connectivity index (χ0n) is 17.6. The molecular weight excluding hydrogens is 990 g/mol. The SMILES string of the molecule is COP(OC)OC.COP(OC)OC.COP(OC)OC.[Cl][Sn]([Cl])[Cl].[Cl][Sn]([Cl])[Cl].[Pt]. The summed E-state index contributed by atoms with van der Waals surface area (Å²) in [6.07, 6.45) is 0. The van der Waals surface area contributed by atoms with Crippen molar-refractivity contribution < 1.29 is 61.8 Å². The fraction of sp³-hybridized carbons (Fsp3) is 1.00. The zero-order chi connectivity index (χ0) is 24.3. The van der Waals surface area contributed by atoms with Gasteiger partial charge in [0.1, 0.15) is 0 Å². The van der Waals surface area contributed by atoms with Gasteiger partial charge in [-0.15, -0.1) is 0 Å². The van der Waals surface area contributed by atoms with Crippen molar-refractivity contribution in [2.45, 2.75) is 0 Å². The van der Waals surface area contributed by atoms with E-state index in [4.69, 9.17) is 53.5 Å². The second-order valence-corrected chi connectivity index (χ2v) is 32.8. The van der Waals surface area contributed by atoms with Crippen LogP contribution in [0.5, 0.6) is 0 Å². The van der Waals surface area contributed by atoms with Crippen LogP contribution in [0.1, 0.15) is 0 Å². The van der Waals surface area contributed by atoms with Crippen molar-refractivity contribution >= 4 is 112 Å². The smallest absolute Gasteiger partial charge is 0 e. The van der Waals surface area contributed by atoms with Crippen LogP contribution in [0.25, 0.3) is 0 Å². The van der Waals surface area contributed by atoms with Crippen LogP contribution in [-0.2, 0) is 61.8 Å². The first-order chi connectivity index (χ1) is 13.5. The monoisotopic (exact) mass is 1020 g/mol. The molecule has 2 radical (unpaired) electrons. The van der Waals surface area contributed by atoms with E-state index in [9.17, 15) is 0 Å². The molecule has 9 nitrogen and oxygen atoms in total. The maximum absolute atomic E-state index is 5.00. The molecule has 0 rings (SSSR count). The molecule has 192 valence electrons. The van der Waals surface area contributed by atoms with Crippen LogP contribution in [0, 0.1) is 0 Å². The second-order valence-electron chi connectivity index (χ2n) is 2.74. The van der Waals surface area contributed by atoms with Gasteiger partial charge >= 0.3 is 112 Å². The third kappa shape index (κ3) is 63.9. The molecule has 0 aromatic rings. The van der Waals surface area contributed by atoms with E-state index in [1.165, 1.54) is 0 Å². The first kappa shape index (κ1) is 48.1. The Morgan fingerprint density at radius 1 is 0.367 bits per heavy atom. The van der Waals surface area contributed by atoms with Gasteiger partial charge in [0.25, 0.3) is 0 Å². The van der Waals surface area contributed by atoms with E-state index in [2.05, 4.69) is 40.7 Å². The molecule has 0 aromatic heterocycles. The summed E-state index contributed by atoms with van der Waals surface area (Å²) in [6.45, 7) is 0. The van der Waals surface area contributed by atoms with Crippen molar-refractivity contribution in [2.24, 2.45) is 0 Å². The predicted octanol–water partition coefficient (Wildman–Crippen LogP) is 6.83. The molecule has 0 saturated heterocycles. The Kier molecular flexibility index (Phi) is 70.5. The average molecular weight is 1020 g/mol. The normalized spacial score (nSPS) is 9.60. The third-order valence-electron chi connectivity index (χ3n) is 1.34. The Balaban J connectivity index is -0.0000000608. The number of rotatable bonds is 9. The number of hydrogen-bond acceptors (Lipinski definition) is 9. The molecule has 0 aliphatic rings. The van der Waals surface area contributed by atoms with Gasteiger partial charge in [-0.25, -0.2) is 0 Å². The molecular formula is C9H27Cl6O9P3PtSn2. The van der Waals surface area contributed by atoms with E-state index < -0.39 is 58.6 Å². The van der Waals surface area contributed by atoms with Crippen LogP contribution in [-0.4, -0.2) is 96.7 Å². The molecule has 0 aliphatic carbocycles. The van der Waals surface area contributed by atoms with E-state index in [0.29, 0.717) is 0 Å². The van der Waals surface area contributed by atoms with Gasteiger partial charge in [-0.3, -0.25) is 0 Å². The molecule has 0 atom stereocenters. The minimum absolute atomic E-state index is 0. The quantitative estimate of drug-likeness (QED) is 0.183. The van der Waals surface area contributed by atoms with Crippen molar-refractivity contribution in [1.29, 1.82) is 0 Å². The largest absolute Gasteiger partial charge is 0 e. The molecule has 0 saturated carbocycles. The van der Waals surface area contributed by atoms with E-state index in [1.807, 2.05) is 0 Å². The first-order valence-corrected chi connectivity index (χ1v) is 31.4. The summed E-state index contributed by atoms with van der Waals surface area (Å²) < 4.78 is 42.0. The van der Waals surface area contributed by atoms with Crippen molar-refractivity contribution in [3.05, 3.63) is 0 Å². The summed E-state index contributed by atoms with van der Waals surface area (Å²) in [4.78, 5) is 0. The standard InChI is InChI=1S/3C3H9O3P.6ClH.Pt.2Sn/c3*1-4-7(5-2)6-3;;;;;;;;;/h3*1-3H3;6*1H;;;/q;;;;;;;;;;2*+3/p-6. The van der Waals surface area contributed by atoms with Crippen LogP contribution < -0.4 is 0 Å². The summed E-state index contributed by atoms with van der Waals surface area (Å²) in [7, 11) is 40.7. The van der Waals surface area contributed by atoms with Gasteiger partial charge in [-0.05, 0) is 0 Å². The van der Waals surface area contributed by atoms with Crippen molar-refractivity contribution in [1.82, 2.24) is 0 Å². The zero-order valence-corrected chi connectivity index (χ0v) is 32.8. The van der Waals surface area contributed by atoms with Crippen LogP contribution in [0.4, 0.5) is 0 Å². The Labute approximate surface area is 234 Å². The van der Waals surface area contributed by atoms with E-state index in [1.54, 1.807) is 64.0 Å². The molecule has 0 fully saturated rings. The Morgan fingerprint density at radius 3 is 0.433 bits per heavy atom. The Hall–Kier alpha value is 4.96. The topological polar surface area (TPSA) is 83.1 Å². The van der Waals surface area contributed by atoms with Crippen LogP contribution in [0.3, 0.4) is 0 Å². The Bertz CT molecular complexity index is 215. The van der Waals surface area contributed by atoms with Gasteiger partial charge in [0, 0.05) is 85.1 Å². The van der Waals surface area contributed by atoms with Crippen LogP contribution in [0.2, 0.25) is 0 Å². The summed E-state index contributed by atoms with van der Waals surface area (Å²) >= 11 is -4.25. The van der Waals surface area contributed by atoms with Gasteiger partial charge in [-0.2, -0.15) is 0 Å². The second kappa shape index (κ2) is 44.0. The van der Waals surface area contributed by atoms with E-state index in [-0.39, 0.29) is 21.1 Å². The van der Waals surface area contributed by atoms with E-state index >= 15 is 0 Å². The Morgan fingerprint density at radius 2 is 0.433 bits per heavy atom. The van der Waals surface area contributed by atoms with Crippen LogP contribution in [0.15, 0.2) is 0 Å². The van der Waals surface area contributed by atoms with E-state index in [0.717, 1.165) is 0 Å². The van der Waals surface area contributed by atoms with Gasteiger partial charge in [-0.1, -0.05) is 0 Å². The molecule has 0 spiro atoms. The molecule has 0 amide bonds. The summed E-state index contributed by atoms with van der Waals surface area (Å²) in [5.74, 6) is 0. The molecule has 0 N–H and O–H groups in total. The van der Waals surface area contributed by atoms with Gasteiger partial charge in [0.2, 0.25) is 0 Å². The average Bonchev–Trinajstić information content (AvgIpc) is 2.66.